The molecule has 0 saturated carbocycles. The smallest absolute Gasteiger partial charge is 0.192 e. The molecule has 22 heavy (non-hydrogen) atoms. The fourth-order valence-electron chi connectivity index (χ4n) is 2.17. The van der Waals surface area contributed by atoms with Gasteiger partial charge in [0.25, 0.3) is 0 Å². The Hall–Kier alpha value is -2.37. The van der Waals surface area contributed by atoms with Gasteiger partial charge in [0.2, 0.25) is 0 Å². The van der Waals surface area contributed by atoms with Crippen molar-refractivity contribution in [3.63, 3.8) is 0 Å². The van der Waals surface area contributed by atoms with Crippen molar-refractivity contribution in [2.24, 2.45) is 4.99 Å². The van der Waals surface area contributed by atoms with Gasteiger partial charge in [0.1, 0.15) is 12.9 Å². The SMILES string of the molecule is CCNC(=NCc1nncn1CC)NC(C)c1ccccc1. The molecule has 1 unspecified atom stereocenters. The second kappa shape index (κ2) is 8.17. The number of guanidine groups is 1. The Kier molecular flexibility index (Phi) is 5.94. The van der Waals surface area contributed by atoms with Crippen molar-refractivity contribution >= 4 is 5.96 Å². The van der Waals surface area contributed by atoms with E-state index in [-0.39, 0.29) is 6.04 Å². The van der Waals surface area contributed by atoms with Gasteiger partial charge < -0.3 is 15.2 Å². The molecule has 2 aromatic rings. The monoisotopic (exact) mass is 300 g/mol. The van der Waals surface area contributed by atoms with E-state index < -0.39 is 0 Å². The zero-order chi connectivity index (χ0) is 15.8. The second-order valence-electron chi connectivity index (χ2n) is 5.01. The van der Waals surface area contributed by atoms with Crippen LogP contribution in [0.5, 0.6) is 0 Å². The molecule has 1 atom stereocenters. The van der Waals surface area contributed by atoms with Gasteiger partial charge in [-0.1, -0.05) is 30.3 Å². The summed E-state index contributed by atoms with van der Waals surface area (Å²) in [6, 6.07) is 10.5. The van der Waals surface area contributed by atoms with Crippen LogP contribution < -0.4 is 10.6 Å². The van der Waals surface area contributed by atoms with E-state index in [9.17, 15) is 0 Å². The lowest BCUT2D eigenvalue weighted by atomic mass is 10.1. The highest BCUT2D eigenvalue weighted by Gasteiger charge is 2.08. The number of nitrogens with zero attached hydrogens (tertiary/aromatic N) is 4. The summed E-state index contributed by atoms with van der Waals surface area (Å²) in [6.45, 7) is 8.41. The average Bonchev–Trinajstić information content (AvgIpc) is 3.01. The fraction of sp³-hybridized carbons (Fsp3) is 0.438. The Morgan fingerprint density at radius 1 is 1.27 bits per heavy atom. The van der Waals surface area contributed by atoms with Crippen molar-refractivity contribution in [1.29, 1.82) is 0 Å². The maximum Gasteiger partial charge on any atom is 0.192 e. The fourth-order valence-corrected chi connectivity index (χ4v) is 2.17. The van der Waals surface area contributed by atoms with Gasteiger partial charge in [-0.05, 0) is 26.3 Å². The number of rotatable bonds is 6. The number of aliphatic imine (C=N–C) groups is 1. The van der Waals surface area contributed by atoms with Crippen molar-refractivity contribution in [2.45, 2.75) is 39.9 Å². The molecule has 1 aromatic carbocycles. The predicted molar refractivity (Wildman–Crippen MR) is 88.5 cm³/mol. The van der Waals surface area contributed by atoms with Crippen LogP contribution in [0.3, 0.4) is 0 Å². The second-order valence-corrected chi connectivity index (χ2v) is 5.01. The molecule has 0 spiro atoms. The molecule has 0 aliphatic carbocycles. The van der Waals surface area contributed by atoms with Crippen LogP contribution in [-0.4, -0.2) is 27.3 Å². The zero-order valence-corrected chi connectivity index (χ0v) is 13.5. The standard InChI is InChI=1S/C16H24N6/c1-4-17-16(18-11-15-21-19-12-22(15)5-2)20-13(3)14-9-7-6-8-10-14/h6-10,12-13H,4-5,11H2,1-3H3,(H2,17,18,20). The lowest BCUT2D eigenvalue weighted by Gasteiger charge is -2.18. The first-order valence-corrected chi connectivity index (χ1v) is 7.71. The molecule has 118 valence electrons. The summed E-state index contributed by atoms with van der Waals surface area (Å²) >= 11 is 0. The van der Waals surface area contributed by atoms with Crippen molar-refractivity contribution < 1.29 is 0 Å². The minimum atomic E-state index is 0.183. The molecular weight excluding hydrogens is 276 g/mol. The van der Waals surface area contributed by atoms with E-state index in [1.807, 2.05) is 22.8 Å². The van der Waals surface area contributed by atoms with Gasteiger partial charge in [0.05, 0.1) is 6.04 Å². The van der Waals surface area contributed by atoms with Crippen LogP contribution in [0.4, 0.5) is 0 Å². The number of benzene rings is 1. The summed E-state index contributed by atoms with van der Waals surface area (Å²) in [5.41, 5.74) is 1.23. The summed E-state index contributed by atoms with van der Waals surface area (Å²) in [6.07, 6.45) is 1.73. The van der Waals surface area contributed by atoms with Crippen LogP contribution in [0.25, 0.3) is 0 Å². The number of aromatic nitrogens is 3. The number of hydrogen-bond donors (Lipinski definition) is 2. The van der Waals surface area contributed by atoms with Crippen molar-refractivity contribution in [1.82, 2.24) is 25.4 Å². The summed E-state index contributed by atoms with van der Waals surface area (Å²) in [5.74, 6) is 1.65. The third-order valence-corrected chi connectivity index (χ3v) is 3.41. The first-order chi connectivity index (χ1) is 10.7. The quantitative estimate of drug-likeness (QED) is 0.633. The van der Waals surface area contributed by atoms with Gasteiger partial charge in [0.15, 0.2) is 11.8 Å². The lowest BCUT2D eigenvalue weighted by Crippen LogP contribution is -2.38. The summed E-state index contributed by atoms with van der Waals surface area (Å²) in [7, 11) is 0. The van der Waals surface area contributed by atoms with Gasteiger partial charge >= 0.3 is 0 Å². The predicted octanol–water partition coefficient (Wildman–Crippen LogP) is 2.11. The van der Waals surface area contributed by atoms with Crippen molar-refractivity contribution in [2.75, 3.05) is 6.54 Å². The van der Waals surface area contributed by atoms with E-state index in [1.165, 1.54) is 5.56 Å². The lowest BCUT2D eigenvalue weighted by molar-refractivity contribution is 0.671. The molecule has 6 heteroatoms. The third kappa shape index (κ3) is 4.31. The minimum Gasteiger partial charge on any atom is -0.357 e. The van der Waals surface area contributed by atoms with Gasteiger partial charge in [-0.3, -0.25) is 0 Å². The van der Waals surface area contributed by atoms with E-state index in [4.69, 9.17) is 0 Å². The molecular formula is C16H24N6. The molecule has 6 nitrogen and oxygen atoms in total. The molecule has 0 saturated heterocycles. The first kappa shape index (κ1) is 16.0. The molecule has 0 radical (unpaired) electrons. The molecule has 0 amide bonds. The van der Waals surface area contributed by atoms with Crippen LogP contribution in [0.15, 0.2) is 41.7 Å². The zero-order valence-electron chi connectivity index (χ0n) is 13.5. The van der Waals surface area contributed by atoms with Crippen LogP contribution in [0.1, 0.15) is 38.2 Å². The highest BCUT2D eigenvalue weighted by Crippen LogP contribution is 2.10. The molecule has 0 aliphatic rings. The molecule has 1 aromatic heterocycles. The summed E-state index contributed by atoms with van der Waals surface area (Å²) < 4.78 is 1.99. The number of nitrogens with one attached hydrogen (secondary N) is 2. The Labute approximate surface area is 131 Å². The summed E-state index contributed by atoms with van der Waals surface area (Å²) in [4.78, 5) is 4.60. The van der Waals surface area contributed by atoms with Gasteiger partial charge in [-0.2, -0.15) is 0 Å². The third-order valence-electron chi connectivity index (χ3n) is 3.41. The van der Waals surface area contributed by atoms with Crippen molar-refractivity contribution in [3.8, 4) is 0 Å². The maximum absolute atomic E-state index is 4.60. The largest absolute Gasteiger partial charge is 0.357 e. The van der Waals surface area contributed by atoms with Crippen LogP contribution in [-0.2, 0) is 13.1 Å². The molecule has 0 aliphatic heterocycles. The average molecular weight is 300 g/mol. The maximum atomic E-state index is 4.60. The van der Waals surface area contributed by atoms with Crippen LogP contribution >= 0.6 is 0 Å². The van der Waals surface area contributed by atoms with Gasteiger partial charge in [0, 0.05) is 13.1 Å². The molecule has 0 fully saturated rings. The number of hydrogen-bond acceptors (Lipinski definition) is 3. The van der Waals surface area contributed by atoms with Gasteiger partial charge in [-0.15, -0.1) is 10.2 Å². The highest BCUT2D eigenvalue weighted by atomic mass is 15.3. The number of aryl methyl sites for hydroxylation is 1. The van der Waals surface area contributed by atoms with E-state index >= 15 is 0 Å². The van der Waals surface area contributed by atoms with Crippen molar-refractivity contribution in [3.05, 3.63) is 48.0 Å². The topological polar surface area (TPSA) is 67.1 Å². The van der Waals surface area contributed by atoms with E-state index in [0.717, 1.165) is 24.9 Å². The Morgan fingerprint density at radius 2 is 2.05 bits per heavy atom. The molecule has 2 rings (SSSR count). The van der Waals surface area contributed by atoms with E-state index in [0.29, 0.717) is 6.54 Å². The van der Waals surface area contributed by atoms with E-state index in [2.05, 4.69) is 58.7 Å². The van der Waals surface area contributed by atoms with Crippen LogP contribution in [0.2, 0.25) is 0 Å². The minimum absolute atomic E-state index is 0.183. The van der Waals surface area contributed by atoms with Gasteiger partial charge in [-0.25, -0.2) is 4.99 Å². The summed E-state index contributed by atoms with van der Waals surface area (Å²) in [5, 5.41) is 14.7. The molecule has 0 bridgehead atoms. The Morgan fingerprint density at radius 3 is 2.73 bits per heavy atom. The molecule has 2 N–H and O–H groups in total. The Bertz CT molecular complexity index is 590. The normalized spacial score (nSPS) is 13.0. The highest BCUT2D eigenvalue weighted by molar-refractivity contribution is 5.80. The van der Waals surface area contributed by atoms with E-state index in [1.54, 1.807) is 6.33 Å². The van der Waals surface area contributed by atoms with Crippen LogP contribution in [0, 0.1) is 0 Å². The molecule has 1 heterocycles. The first-order valence-electron chi connectivity index (χ1n) is 7.71. The Balaban J connectivity index is 2.04.